The van der Waals surface area contributed by atoms with Crippen molar-refractivity contribution in [3.8, 4) is 6.07 Å². The van der Waals surface area contributed by atoms with Crippen molar-refractivity contribution in [1.29, 1.82) is 5.26 Å². The molecule has 9 heteroatoms. The van der Waals surface area contributed by atoms with Gasteiger partial charge in [-0.05, 0) is 62.7 Å². The van der Waals surface area contributed by atoms with Crippen LogP contribution in [-0.2, 0) is 19.9 Å². The van der Waals surface area contributed by atoms with Gasteiger partial charge in [-0.15, -0.1) is 0 Å². The van der Waals surface area contributed by atoms with Crippen LogP contribution in [-0.4, -0.2) is 54.6 Å². The predicted octanol–water partition coefficient (Wildman–Crippen LogP) is 2.58. The molecular formula is C25H27N5O4. The summed E-state index contributed by atoms with van der Waals surface area (Å²) >= 11 is 0. The minimum atomic E-state index is -1.31. The van der Waals surface area contributed by atoms with E-state index in [-0.39, 0.29) is 12.2 Å². The summed E-state index contributed by atoms with van der Waals surface area (Å²) in [5.74, 6) is -1.00. The van der Waals surface area contributed by atoms with Crippen molar-refractivity contribution in [2.45, 2.75) is 38.5 Å². The number of nitrogens with one attached hydrogen (secondary N) is 2. The number of rotatable bonds is 5. The van der Waals surface area contributed by atoms with Crippen LogP contribution >= 0.6 is 0 Å². The average Bonchev–Trinajstić information content (AvgIpc) is 3.02. The van der Waals surface area contributed by atoms with Gasteiger partial charge in [0.25, 0.3) is 5.91 Å². The summed E-state index contributed by atoms with van der Waals surface area (Å²) in [5.41, 5.74) is 1.29. The Labute approximate surface area is 198 Å². The van der Waals surface area contributed by atoms with Crippen LogP contribution in [0.3, 0.4) is 0 Å². The molecule has 9 nitrogen and oxygen atoms in total. The Balaban J connectivity index is 1.39. The number of hydrogen-bond acceptors (Lipinski definition) is 6. The highest BCUT2D eigenvalue weighted by atomic mass is 16.5. The molecule has 0 spiro atoms. The van der Waals surface area contributed by atoms with Crippen LogP contribution in [0, 0.1) is 11.3 Å². The Morgan fingerprint density at radius 3 is 2.32 bits per heavy atom. The molecule has 0 radical (unpaired) electrons. The molecule has 2 aliphatic heterocycles. The van der Waals surface area contributed by atoms with Crippen molar-refractivity contribution < 1.29 is 19.1 Å². The molecule has 3 atom stereocenters. The van der Waals surface area contributed by atoms with Gasteiger partial charge >= 0.3 is 6.03 Å². The monoisotopic (exact) mass is 461 g/mol. The highest BCUT2D eigenvalue weighted by Crippen LogP contribution is 2.29. The minimum absolute atomic E-state index is 0.141. The van der Waals surface area contributed by atoms with Gasteiger partial charge in [0.05, 0.1) is 23.8 Å². The molecule has 4 amide bonds. The zero-order valence-corrected chi connectivity index (χ0v) is 19.4. The summed E-state index contributed by atoms with van der Waals surface area (Å²) < 4.78 is 5.77. The SMILES string of the molecule is CC1CN(c2ccc(NC(=O)CN3C(=O)NC(C)(c4ccc(C#N)cc4)C3=O)cc2)CC(C)O1. The van der Waals surface area contributed by atoms with Gasteiger partial charge in [0.1, 0.15) is 12.1 Å². The van der Waals surface area contributed by atoms with Gasteiger partial charge in [-0.2, -0.15) is 5.26 Å². The van der Waals surface area contributed by atoms with Crippen LogP contribution in [0.5, 0.6) is 0 Å². The van der Waals surface area contributed by atoms with Crippen molar-refractivity contribution in [2.75, 3.05) is 29.9 Å². The lowest BCUT2D eigenvalue weighted by atomic mass is 9.91. The molecule has 2 aromatic rings. The topological polar surface area (TPSA) is 115 Å². The molecule has 2 heterocycles. The van der Waals surface area contributed by atoms with Crippen LogP contribution < -0.4 is 15.5 Å². The molecule has 0 aromatic heterocycles. The highest BCUT2D eigenvalue weighted by molar-refractivity contribution is 6.10. The number of urea groups is 1. The number of ether oxygens (including phenoxy) is 1. The zero-order valence-electron chi connectivity index (χ0n) is 19.4. The lowest BCUT2D eigenvalue weighted by molar-refractivity contribution is -0.133. The summed E-state index contributed by atoms with van der Waals surface area (Å²) in [6.45, 7) is 6.84. The van der Waals surface area contributed by atoms with E-state index in [0.717, 1.165) is 23.7 Å². The first-order valence-electron chi connectivity index (χ1n) is 11.1. The molecule has 3 unspecified atom stereocenters. The Hall–Kier alpha value is -3.90. The molecule has 4 rings (SSSR count). The van der Waals surface area contributed by atoms with E-state index in [0.29, 0.717) is 16.8 Å². The van der Waals surface area contributed by atoms with Crippen molar-refractivity contribution >= 4 is 29.2 Å². The number of morpholine rings is 1. The third kappa shape index (κ3) is 4.58. The number of anilines is 2. The van der Waals surface area contributed by atoms with E-state index >= 15 is 0 Å². The largest absolute Gasteiger partial charge is 0.372 e. The minimum Gasteiger partial charge on any atom is -0.372 e. The van der Waals surface area contributed by atoms with Gasteiger partial charge in [0, 0.05) is 24.5 Å². The Bertz CT molecular complexity index is 1130. The van der Waals surface area contributed by atoms with Gasteiger partial charge < -0.3 is 20.3 Å². The first-order valence-corrected chi connectivity index (χ1v) is 11.1. The van der Waals surface area contributed by atoms with Crippen molar-refractivity contribution in [3.63, 3.8) is 0 Å². The number of benzene rings is 2. The van der Waals surface area contributed by atoms with E-state index in [1.165, 1.54) is 0 Å². The molecule has 0 saturated carbocycles. The predicted molar refractivity (Wildman–Crippen MR) is 126 cm³/mol. The molecule has 0 aliphatic carbocycles. The number of hydrogen-bond donors (Lipinski definition) is 2. The summed E-state index contributed by atoms with van der Waals surface area (Å²) in [6.07, 6.45) is 0.282. The molecule has 176 valence electrons. The maximum Gasteiger partial charge on any atom is 0.325 e. The van der Waals surface area contributed by atoms with Gasteiger partial charge in [-0.25, -0.2) is 4.79 Å². The Morgan fingerprint density at radius 1 is 1.12 bits per heavy atom. The van der Waals surface area contributed by atoms with Gasteiger partial charge in [-0.1, -0.05) is 12.1 Å². The fraction of sp³-hybridized carbons (Fsp3) is 0.360. The number of carbonyl (C=O) groups excluding carboxylic acids is 3. The summed E-state index contributed by atoms with van der Waals surface area (Å²) in [7, 11) is 0. The van der Waals surface area contributed by atoms with E-state index in [1.54, 1.807) is 43.3 Å². The lowest BCUT2D eigenvalue weighted by Gasteiger charge is -2.36. The second kappa shape index (κ2) is 9.15. The second-order valence-corrected chi connectivity index (χ2v) is 8.89. The smallest absolute Gasteiger partial charge is 0.325 e. The van der Waals surface area contributed by atoms with Crippen molar-refractivity contribution in [3.05, 3.63) is 59.7 Å². The van der Waals surface area contributed by atoms with Crippen molar-refractivity contribution in [1.82, 2.24) is 10.2 Å². The molecular weight excluding hydrogens is 434 g/mol. The van der Waals surface area contributed by atoms with E-state index in [9.17, 15) is 14.4 Å². The molecule has 2 saturated heterocycles. The van der Waals surface area contributed by atoms with Gasteiger partial charge in [-0.3, -0.25) is 14.5 Å². The summed E-state index contributed by atoms with van der Waals surface area (Å²) in [4.78, 5) is 41.3. The first kappa shape index (κ1) is 23.3. The average molecular weight is 462 g/mol. The van der Waals surface area contributed by atoms with Crippen molar-refractivity contribution in [2.24, 2.45) is 0 Å². The quantitative estimate of drug-likeness (QED) is 0.662. The molecule has 2 fully saturated rings. The van der Waals surface area contributed by atoms with Crippen LogP contribution in [0.2, 0.25) is 0 Å². The number of nitriles is 1. The van der Waals surface area contributed by atoms with E-state index in [2.05, 4.69) is 15.5 Å². The standard InChI is InChI=1S/C25H27N5O4/c1-16-13-29(14-17(2)34-16)21-10-8-20(9-11-21)27-22(31)15-30-23(32)25(3,28-24(30)33)19-6-4-18(12-26)5-7-19/h4-11,16-17H,13-15H2,1-3H3,(H,27,31)(H,28,33). The normalized spacial score (nSPS) is 24.5. The number of imide groups is 1. The molecule has 0 bridgehead atoms. The molecule has 2 N–H and O–H groups in total. The van der Waals surface area contributed by atoms with Gasteiger partial charge in [0.15, 0.2) is 0 Å². The highest BCUT2D eigenvalue weighted by Gasteiger charge is 2.49. The fourth-order valence-corrected chi connectivity index (χ4v) is 4.40. The third-order valence-electron chi connectivity index (χ3n) is 6.10. The second-order valence-electron chi connectivity index (χ2n) is 8.89. The number of nitrogens with zero attached hydrogens (tertiary/aromatic N) is 3. The number of carbonyl (C=O) groups is 3. The van der Waals surface area contributed by atoms with E-state index < -0.39 is 29.9 Å². The number of amides is 4. The van der Waals surface area contributed by atoms with Crippen LogP contribution in [0.1, 0.15) is 31.9 Å². The van der Waals surface area contributed by atoms with Crippen LogP contribution in [0.15, 0.2) is 48.5 Å². The maximum absolute atomic E-state index is 13.0. The van der Waals surface area contributed by atoms with E-state index in [4.69, 9.17) is 10.00 Å². The third-order valence-corrected chi connectivity index (χ3v) is 6.10. The molecule has 2 aliphatic rings. The summed E-state index contributed by atoms with van der Waals surface area (Å²) in [5, 5.41) is 14.4. The molecule has 2 aromatic carbocycles. The maximum atomic E-state index is 13.0. The Morgan fingerprint density at radius 2 is 1.74 bits per heavy atom. The van der Waals surface area contributed by atoms with Crippen LogP contribution in [0.4, 0.5) is 16.2 Å². The van der Waals surface area contributed by atoms with Crippen LogP contribution in [0.25, 0.3) is 0 Å². The van der Waals surface area contributed by atoms with Gasteiger partial charge in [0.2, 0.25) is 5.91 Å². The fourth-order valence-electron chi connectivity index (χ4n) is 4.40. The summed E-state index contributed by atoms with van der Waals surface area (Å²) in [6, 6.07) is 15.2. The zero-order chi connectivity index (χ0) is 24.5. The lowest BCUT2D eigenvalue weighted by Crippen LogP contribution is -2.45. The Kier molecular flexibility index (Phi) is 6.26. The molecule has 34 heavy (non-hydrogen) atoms. The first-order chi connectivity index (χ1) is 16.2. The van der Waals surface area contributed by atoms with E-state index in [1.807, 2.05) is 32.0 Å².